The van der Waals surface area contributed by atoms with Crippen LogP contribution < -0.4 is 16.1 Å². The number of amides is 3. The predicted octanol–water partition coefficient (Wildman–Crippen LogP) is 2.65. The number of ether oxygens (including phenoxy) is 1. The number of aryl methyl sites for hydroxylation is 2. The van der Waals surface area contributed by atoms with Gasteiger partial charge in [-0.25, -0.2) is 9.59 Å². The van der Waals surface area contributed by atoms with E-state index in [9.17, 15) is 19.2 Å². The summed E-state index contributed by atoms with van der Waals surface area (Å²) in [5, 5.41) is 5.07. The van der Waals surface area contributed by atoms with Gasteiger partial charge in [-0.3, -0.25) is 14.9 Å². The molecule has 2 aromatic carbocycles. The predicted molar refractivity (Wildman–Crippen MR) is 108 cm³/mol. The molecule has 0 unspecified atom stereocenters. The minimum absolute atomic E-state index is 0.0822. The van der Waals surface area contributed by atoms with Crippen molar-refractivity contribution in [2.45, 2.75) is 13.8 Å². The summed E-state index contributed by atoms with van der Waals surface area (Å²) in [5.74, 6) is -1.68. The second-order valence-electron chi connectivity index (χ2n) is 6.49. The van der Waals surface area contributed by atoms with Gasteiger partial charge in [0.05, 0.1) is 0 Å². The summed E-state index contributed by atoms with van der Waals surface area (Å²) in [6.07, 6.45) is 0. The second kappa shape index (κ2) is 8.39. The standard InChI is InChI=1S/C21H19N3O5/c1-12-7-8-15(13(2)9-12)23-21(28)24-19(26)11-29-20(27)17-10-18(25)14-5-3-4-6-16(14)22-17/h3-10H,11H2,1-2H3,(H,22,25)(H2,23,24,26,28). The summed E-state index contributed by atoms with van der Waals surface area (Å²) in [7, 11) is 0. The number of urea groups is 1. The molecular formula is C21H19N3O5. The topological polar surface area (TPSA) is 117 Å². The van der Waals surface area contributed by atoms with Crippen LogP contribution in [0.5, 0.6) is 0 Å². The van der Waals surface area contributed by atoms with E-state index in [4.69, 9.17) is 4.74 Å². The quantitative estimate of drug-likeness (QED) is 0.589. The first-order valence-electron chi connectivity index (χ1n) is 8.81. The molecular weight excluding hydrogens is 374 g/mol. The van der Waals surface area contributed by atoms with Gasteiger partial charge in [-0.15, -0.1) is 0 Å². The molecule has 0 atom stereocenters. The van der Waals surface area contributed by atoms with Crippen LogP contribution in [-0.4, -0.2) is 29.5 Å². The SMILES string of the molecule is Cc1ccc(NC(=O)NC(=O)COC(=O)c2cc(=O)c3ccccc3[nH]2)c(C)c1. The number of H-pyrrole nitrogens is 1. The Morgan fingerprint density at radius 1 is 1.03 bits per heavy atom. The van der Waals surface area contributed by atoms with Crippen LogP contribution in [0.1, 0.15) is 21.6 Å². The Hall–Kier alpha value is -3.94. The molecule has 0 aliphatic rings. The van der Waals surface area contributed by atoms with E-state index in [0.29, 0.717) is 16.6 Å². The lowest BCUT2D eigenvalue weighted by molar-refractivity contribution is -0.123. The van der Waals surface area contributed by atoms with E-state index in [2.05, 4.69) is 15.6 Å². The van der Waals surface area contributed by atoms with Gasteiger partial charge in [0, 0.05) is 22.7 Å². The Morgan fingerprint density at radius 2 is 1.79 bits per heavy atom. The first kappa shape index (κ1) is 19.8. The molecule has 8 heteroatoms. The molecule has 1 heterocycles. The smallest absolute Gasteiger partial charge is 0.355 e. The lowest BCUT2D eigenvalue weighted by Gasteiger charge is -2.10. The van der Waals surface area contributed by atoms with E-state index in [-0.39, 0.29) is 11.1 Å². The average Bonchev–Trinajstić information content (AvgIpc) is 2.68. The molecule has 0 saturated carbocycles. The maximum absolute atomic E-state index is 12.1. The lowest BCUT2D eigenvalue weighted by Crippen LogP contribution is -2.37. The first-order chi connectivity index (χ1) is 13.8. The fourth-order valence-electron chi connectivity index (χ4n) is 2.79. The number of carbonyl (C=O) groups excluding carboxylic acids is 3. The van der Waals surface area contributed by atoms with Gasteiger partial charge in [0.15, 0.2) is 12.0 Å². The zero-order valence-electron chi connectivity index (χ0n) is 15.9. The van der Waals surface area contributed by atoms with Crippen molar-refractivity contribution in [3.05, 3.63) is 75.6 Å². The Bertz CT molecular complexity index is 1170. The minimum Gasteiger partial charge on any atom is -0.451 e. The lowest BCUT2D eigenvalue weighted by atomic mass is 10.1. The van der Waals surface area contributed by atoms with Crippen molar-refractivity contribution in [1.29, 1.82) is 0 Å². The van der Waals surface area contributed by atoms with Gasteiger partial charge in [0.25, 0.3) is 5.91 Å². The van der Waals surface area contributed by atoms with Crippen molar-refractivity contribution in [1.82, 2.24) is 10.3 Å². The zero-order chi connectivity index (χ0) is 21.0. The molecule has 3 amide bonds. The number of nitrogens with one attached hydrogen (secondary N) is 3. The number of imide groups is 1. The maximum atomic E-state index is 12.1. The molecule has 0 bridgehead atoms. The van der Waals surface area contributed by atoms with Crippen LogP contribution >= 0.6 is 0 Å². The molecule has 3 N–H and O–H groups in total. The van der Waals surface area contributed by atoms with Gasteiger partial charge >= 0.3 is 12.0 Å². The van der Waals surface area contributed by atoms with Crippen molar-refractivity contribution >= 4 is 34.5 Å². The van der Waals surface area contributed by atoms with Crippen molar-refractivity contribution < 1.29 is 19.1 Å². The van der Waals surface area contributed by atoms with Crippen LogP contribution in [0.15, 0.2) is 53.3 Å². The summed E-state index contributed by atoms with van der Waals surface area (Å²) in [4.78, 5) is 50.8. The van der Waals surface area contributed by atoms with E-state index in [1.165, 1.54) is 0 Å². The van der Waals surface area contributed by atoms with Gasteiger partial charge in [-0.05, 0) is 37.6 Å². The van der Waals surface area contributed by atoms with Gasteiger partial charge in [-0.1, -0.05) is 29.8 Å². The molecule has 0 aliphatic carbocycles. The van der Waals surface area contributed by atoms with Crippen molar-refractivity contribution in [3.63, 3.8) is 0 Å². The summed E-state index contributed by atoms with van der Waals surface area (Å²) in [6.45, 7) is 3.09. The third-order valence-corrected chi connectivity index (χ3v) is 4.17. The minimum atomic E-state index is -0.877. The highest BCUT2D eigenvalue weighted by atomic mass is 16.5. The number of aromatic amines is 1. The van der Waals surface area contributed by atoms with E-state index < -0.39 is 24.5 Å². The Balaban J connectivity index is 1.57. The molecule has 148 valence electrons. The Labute approximate surface area is 165 Å². The highest BCUT2D eigenvalue weighted by Crippen LogP contribution is 2.15. The van der Waals surface area contributed by atoms with Gasteiger partial charge in [-0.2, -0.15) is 0 Å². The Kier molecular flexibility index (Phi) is 5.73. The van der Waals surface area contributed by atoms with Gasteiger partial charge < -0.3 is 15.0 Å². The van der Waals surface area contributed by atoms with Crippen LogP contribution in [-0.2, 0) is 9.53 Å². The van der Waals surface area contributed by atoms with Crippen molar-refractivity contribution in [2.24, 2.45) is 0 Å². The zero-order valence-corrected chi connectivity index (χ0v) is 15.9. The molecule has 0 spiro atoms. The molecule has 3 rings (SSSR count). The van der Waals surface area contributed by atoms with Crippen LogP contribution in [0.25, 0.3) is 10.9 Å². The van der Waals surface area contributed by atoms with E-state index in [1.54, 1.807) is 30.3 Å². The number of pyridine rings is 1. The van der Waals surface area contributed by atoms with Crippen molar-refractivity contribution in [3.8, 4) is 0 Å². The van der Waals surface area contributed by atoms with E-state index in [1.807, 2.05) is 26.0 Å². The number of esters is 1. The van der Waals surface area contributed by atoms with Crippen LogP contribution in [0.4, 0.5) is 10.5 Å². The highest BCUT2D eigenvalue weighted by Gasteiger charge is 2.15. The number of para-hydroxylation sites is 1. The molecule has 29 heavy (non-hydrogen) atoms. The number of aromatic nitrogens is 1. The van der Waals surface area contributed by atoms with E-state index in [0.717, 1.165) is 17.2 Å². The van der Waals surface area contributed by atoms with E-state index >= 15 is 0 Å². The molecule has 3 aromatic rings. The van der Waals surface area contributed by atoms with Gasteiger partial charge in [0.2, 0.25) is 0 Å². The maximum Gasteiger partial charge on any atom is 0.355 e. The fourth-order valence-corrected chi connectivity index (χ4v) is 2.79. The third kappa shape index (κ3) is 4.86. The summed E-state index contributed by atoms with van der Waals surface area (Å²) in [5.41, 5.74) is 2.50. The molecule has 1 aromatic heterocycles. The van der Waals surface area contributed by atoms with Crippen LogP contribution in [0.3, 0.4) is 0 Å². The van der Waals surface area contributed by atoms with Gasteiger partial charge in [0.1, 0.15) is 5.69 Å². The third-order valence-electron chi connectivity index (χ3n) is 4.17. The number of carbonyl (C=O) groups is 3. The molecule has 0 radical (unpaired) electrons. The average molecular weight is 393 g/mol. The number of fused-ring (bicyclic) bond motifs is 1. The summed E-state index contributed by atoms with van der Waals surface area (Å²) < 4.78 is 4.88. The molecule has 8 nitrogen and oxygen atoms in total. The fraction of sp³-hybridized carbons (Fsp3) is 0.143. The Morgan fingerprint density at radius 3 is 2.55 bits per heavy atom. The first-order valence-corrected chi connectivity index (χ1v) is 8.81. The second-order valence-corrected chi connectivity index (χ2v) is 6.49. The monoisotopic (exact) mass is 393 g/mol. The number of anilines is 1. The number of rotatable bonds is 4. The highest BCUT2D eigenvalue weighted by molar-refractivity contribution is 6.02. The number of hydrogen-bond donors (Lipinski definition) is 3. The molecule has 0 saturated heterocycles. The summed E-state index contributed by atoms with van der Waals surface area (Å²) >= 11 is 0. The molecule has 0 fully saturated rings. The normalized spacial score (nSPS) is 10.4. The van der Waals surface area contributed by atoms with Crippen LogP contribution in [0.2, 0.25) is 0 Å². The largest absolute Gasteiger partial charge is 0.451 e. The number of benzene rings is 2. The number of hydrogen-bond acceptors (Lipinski definition) is 5. The summed E-state index contributed by atoms with van der Waals surface area (Å²) in [6, 6.07) is 12.5. The molecule has 0 aliphatic heterocycles. The van der Waals surface area contributed by atoms with Crippen molar-refractivity contribution in [2.75, 3.05) is 11.9 Å². The van der Waals surface area contributed by atoms with Crippen LogP contribution in [0, 0.1) is 13.8 Å².